The molecule has 0 aromatic carbocycles. The van der Waals surface area contributed by atoms with Crippen LogP contribution in [0.4, 0.5) is 0 Å². The fraction of sp³-hybridized carbons (Fsp3) is 0.778. The minimum Gasteiger partial charge on any atom is -0.312 e. The van der Waals surface area contributed by atoms with Gasteiger partial charge in [-0.25, -0.2) is 0 Å². The molecule has 1 aromatic rings. The lowest BCUT2D eigenvalue weighted by molar-refractivity contribution is 0.267. The van der Waals surface area contributed by atoms with Crippen molar-refractivity contribution >= 4 is 11.5 Å². The number of rotatable bonds is 4. The van der Waals surface area contributed by atoms with Gasteiger partial charge in [-0.2, -0.15) is 0 Å². The molecule has 1 aliphatic rings. The van der Waals surface area contributed by atoms with Crippen molar-refractivity contribution in [1.29, 1.82) is 0 Å². The van der Waals surface area contributed by atoms with E-state index in [0.717, 1.165) is 5.92 Å². The number of hydrogen-bond acceptors (Lipinski definition) is 4. The summed E-state index contributed by atoms with van der Waals surface area (Å²) in [7, 11) is 2.02. The Labute approximate surface area is 82.7 Å². The second-order valence-corrected chi connectivity index (χ2v) is 4.51. The van der Waals surface area contributed by atoms with Crippen LogP contribution in [0.3, 0.4) is 0 Å². The lowest BCUT2D eigenvalue weighted by Gasteiger charge is -2.28. The molecule has 0 saturated heterocycles. The van der Waals surface area contributed by atoms with E-state index in [0.29, 0.717) is 6.04 Å². The predicted octanol–water partition coefficient (Wildman–Crippen LogP) is 1.99. The van der Waals surface area contributed by atoms with Gasteiger partial charge in [0.25, 0.3) is 0 Å². The summed E-state index contributed by atoms with van der Waals surface area (Å²) in [4.78, 5) is 1.27. The third kappa shape index (κ3) is 2.06. The molecule has 4 heteroatoms. The van der Waals surface area contributed by atoms with Crippen LogP contribution in [-0.4, -0.2) is 16.6 Å². The van der Waals surface area contributed by atoms with Crippen LogP contribution in [0.1, 0.15) is 36.6 Å². The molecular formula is C9H15N3S. The van der Waals surface area contributed by atoms with E-state index < -0.39 is 0 Å². The van der Waals surface area contributed by atoms with Crippen molar-refractivity contribution in [3.63, 3.8) is 0 Å². The number of aromatic nitrogens is 2. The van der Waals surface area contributed by atoms with Crippen molar-refractivity contribution in [2.24, 2.45) is 5.92 Å². The van der Waals surface area contributed by atoms with Gasteiger partial charge in [0.05, 0.1) is 11.1 Å². The van der Waals surface area contributed by atoms with Crippen molar-refractivity contribution in [2.75, 3.05) is 7.05 Å². The quantitative estimate of drug-likeness (QED) is 0.802. The molecule has 0 radical (unpaired) electrons. The summed E-state index contributed by atoms with van der Waals surface area (Å²) in [5.74, 6) is 0.930. The van der Waals surface area contributed by atoms with Gasteiger partial charge >= 0.3 is 0 Å². The minimum atomic E-state index is 0.477. The van der Waals surface area contributed by atoms with E-state index in [1.807, 2.05) is 13.2 Å². The summed E-state index contributed by atoms with van der Waals surface area (Å²) in [6.45, 7) is 0. The summed E-state index contributed by atoms with van der Waals surface area (Å²) in [6.07, 6.45) is 7.36. The van der Waals surface area contributed by atoms with Crippen molar-refractivity contribution in [1.82, 2.24) is 14.9 Å². The van der Waals surface area contributed by atoms with Gasteiger partial charge in [-0.1, -0.05) is 23.8 Å². The summed E-state index contributed by atoms with van der Waals surface area (Å²) in [5, 5.41) is 7.20. The maximum Gasteiger partial charge on any atom is 0.0669 e. The van der Waals surface area contributed by atoms with Crippen LogP contribution < -0.4 is 5.32 Å². The van der Waals surface area contributed by atoms with Crippen LogP contribution in [0, 0.1) is 5.92 Å². The van der Waals surface area contributed by atoms with Crippen LogP contribution in [0.5, 0.6) is 0 Å². The second kappa shape index (κ2) is 4.15. The second-order valence-electron chi connectivity index (χ2n) is 3.69. The molecule has 13 heavy (non-hydrogen) atoms. The first-order chi connectivity index (χ1) is 6.40. The first kappa shape index (κ1) is 9.09. The maximum atomic E-state index is 3.89. The maximum absolute atomic E-state index is 3.89. The topological polar surface area (TPSA) is 37.8 Å². The Bertz CT molecular complexity index is 243. The molecule has 3 nitrogen and oxygen atoms in total. The molecular weight excluding hydrogens is 182 g/mol. The molecule has 1 N–H and O–H groups in total. The zero-order chi connectivity index (χ0) is 9.10. The largest absolute Gasteiger partial charge is 0.312 e. The summed E-state index contributed by atoms with van der Waals surface area (Å²) >= 11 is 1.51. The molecule has 0 amide bonds. The van der Waals surface area contributed by atoms with Crippen LogP contribution >= 0.6 is 11.5 Å². The van der Waals surface area contributed by atoms with Gasteiger partial charge in [-0.15, -0.1) is 5.10 Å². The number of hydrogen-bond donors (Lipinski definition) is 1. The van der Waals surface area contributed by atoms with E-state index in [2.05, 4.69) is 14.9 Å². The van der Waals surface area contributed by atoms with Crippen LogP contribution in [0.15, 0.2) is 6.20 Å². The Morgan fingerprint density at radius 1 is 1.69 bits per heavy atom. The Hall–Kier alpha value is -0.480. The first-order valence-corrected chi connectivity index (χ1v) is 5.62. The monoisotopic (exact) mass is 197 g/mol. The van der Waals surface area contributed by atoms with E-state index in [-0.39, 0.29) is 0 Å². The van der Waals surface area contributed by atoms with E-state index in [1.54, 1.807) is 0 Å². The van der Waals surface area contributed by atoms with E-state index in [9.17, 15) is 0 Å². The first-order valence-electron chi connectivity index (χ1n) is 4.84. The summed E-state index contributed by atoms with van der Waals surface area (Å²) in [6, 6.07) is 0.477. The summed E-state index contributed by atoms with van der Waals surface area (Å²) < 4.78 is 3.89. The van der Waals surface area contributed by atoms with Gasteiger partial charge in [-0.3, -0.25) is 0 Å². The number of nitrogens with zero attached hydrogens (tertiary/aromatic N) is 2. The molecule has 0 spiro atoms. The van der Waals surface area contributed by atoms with Gasteiger partial charge < -0.3 is 5.32 Å². The van der Waals surface area contributed by atoms with Crippen molar-refractivity contribution in [3.8, 4) is 0 Å². The van der Waals surface area contributed by atoms with E-state index in [4.69, 9.17) is 0 Å². The molecule has 1 atom stereocenters. The van der Waals surface area contributed by atoms with Crippen molar-refractivity contribution < 1.29 is 0 Å². The average molecular weight is 197 g/mol. The normalized spacial score (nSPS) is 19.8. The molecule has 1 aliphatic carbocycles. The highest BCUT2D eigenvalue weighted by Gasteiger charge is 2.23. The fourth-order valence-electron chi connectivity index (χ4n) is 1.77. The third-order valence-electron chi connectivity index (χ3n) is 2.86. The Kier molecular flexibility index (Phi) is 2.90. The van der Waals surface area contributed by atoms with E-state index in [1.165, 1.54) is 42.1 Å². The van der Waals surface area contributed by atoms with Crippen LogP contribution in [-0.2, 0) is 0 Å². The molecule has 1 unspecified atom stereocenters. The summed E-state index contributed by atoms with van der Waals surface area (Å²) in [5.41, 5.74) is 0. The molecule has 1 saturated carbocycles. The van der Waals surface area contributed by atoms with Gasteiger partial charge in [0.2, 0.25) is 0 Å². The van der Waals surface area contributed by atoms with Crippen LogP contribution in [0.2, 0.25) is 0 Å². The molecule has 0 bridgehead atoms. The Morgan fingerprint density at radius 3 is 3.00 bits per heavy atom. The molecule has 2 rings (SSSR count). The molecule has 72 valence electrons. The third-order valence-corrected chi connectivity index (χ3v) is 3.64. The van der Waals surface area contributed by atoms with Crippen molar-refractivity contribution in [3.05, 3.63) is 11.1 Å². The molecule has 1 fully saturated rings. The number of nitrogens with one attached hydrogen (secondary N) is 1. The van der Waals surface area contributed by atoms with Gasteiger partial charge in [0.1, 0.15) is 0 Å². The Morgan fingerprint density at radius 2 is 2.54 bits per heavy atom. The van der Waals surface area contributed by atoms with Gasteiger partial charge in [-0.05, 0) is 30.9 Å². The van der Waals surface area contributed by atoms with Crippen molar-refractivity contribution in [2.45, 2.75) is 31.7 Å². The highest BCUT2D eigenvalue weighted by Crippen LogP contribution is 2.34. The zero-order valence-electron chi connectivity index (χ0n) is 7.86. The molecule has 0 aliphatic heterocycles. The highest BCUT2D eigenvalue weighted by atomic mass is 32.1. The fourth-order valence-corrected chi connectivity index (χ4v) is 2.39. The predicted molar refractivity (Wildman–Crippen MR) is 53.7 cm³/mol. The Balaban J connectivity index is 1.92. The van der Waals surface area contributed by atoms with Crippen LogP contribution in [0.25, 0.3) is 0 Å². The highest BCUT2D eigenvalue weighted by molar-refractivity contribution is 7.05. The SMILES string of the molecule is CNC(CC1CCC1)c1cnns1. The minimum absolute atomic E-state index is 0.477. The smallest absolute Gasteiger partial charge is 0.0669 e. The standard InChI is InChI=1S/C9H15N3S/c1-10-8(5-7-3-2-4-7)9-6-11-12-13-9/h6-8,10H,2-5H2,1H3. The lowest BCUT2D eigenvalue weighted by Crippen LogP contribution is -2.22. The lowest BCUT2D eigenvalue weighted by atomic mass is 9.81. The van der Waals surface area contributed by atoms with Gasteiger partial charge in [0, 0.05) is 6.04 Å². The van der Waals surface area contributed by atoms with Gasteiger partial charge in [0.15, 0.2) is 0 Å². The molecule has 1 heterocycles. The van der Waals surface area contributed by atoms with E-state index >= 15 is 0 Å². The average Bonchev–Trinajstić information content (AvgIpc) is 2.55. The zero-order valence-corrected chi connectivity index (χ0v) is 8.68. The molecule has 1 aromatic heterocycles.